The fraction of sp³-hybridized carbons (Fsp3) is 0.350. The Bertz CT molecular complexity index is 2000. The van der Waals surface area contributed by atoms with E-state index in [4.69, 9.17) is 9.47 Å². The van der Waals surface area contributed by atoms with Gasteiger partial charge in [-0.3, -0.25) is 24.1 Å². The number of allylic oxidation sites excluding steroid dienone is 3. The molecule has 0 aromatic heterocycles. The lowest BCUT2D eigenvalue weighted by Crippen LogP contribution is -2.51. The summed E-state index contributed by atoms with van der Waals surface area (Å²) in [6, 6.07) is 21.5. The van der Waals surface area contributed by atoms with Gasteiger partial charge in [0.1, 0.15) is 11.5 Å². The summed E-state index contributed by atoms with van der Waals surface area (Å²) >= 11 is 0. The molecule has 1 saturated carbocycles. The first-order chi connectivity index (χ1) is 24.3. The summed E-state index contributed by atoms with van der Waals surface area (Å²) in [6.07, 6.45) is 4.76. The smallest absolute Gasteiger partial charge is 0.241 e. The third-order valence-electron chi connectivity index (χ3n) is 11.9. The highest BCUT2D eigenvalue weighted by atomic mass is 16.5. The number of rotatable bonds is 4. The predicted molar refractivity (Wildman–Crippen MR) is 184 cm³/mol. The number of para-hydroxylation sites is 1. The number of anilines is 3. The number of nitrogens with zero attached hydrogens (tertiary/aromatic N) is 3. The minimum absolute atomic E-state index is 0.106. The van der Waals surface area contributed by atoms with Crippen LogP contribution in [0.4, 0.5) is 17.1 Å². The van der Waals surface area contributed by atoms with Crippen LogP contribution in [0, 0.1) is 35.0 Å². The first-order valence-electron chi connectivity index (χ1n) is 17.4. The molecule has 4 heterocycles. The van der Waals surface area contributed by atoms with E-state index in [-0.39, 0.29) is 35.8 Å². The van der Waals surface area contributed by atoms with E-state index in [1.807, 2.05) is 37.3 Å². The Morgan fingerprint density at radius 3 is 2.28 bits per heavy atom. The third-order valence-corrected chi connectivity index (χ3v) is 11.9. The summed E-state index contributed by atoms with van der Waals surface area (Å²) in [5, 5.41) is 10.3. The van der Waals surface area contributed by atoms with Gasteiger partial charge in [-0.05, 0) is 85.9 Å². The number of fused-ring (bicyclic) bond motifs is 5. The maximum Gasteiger partial charge on any atom is 0.241 e. The molecule has 0 radical (unpaired) electrons. The van der Waals surface area contributed by atoms with E-state index in [2.05, 4.69) is 11.0 Å². The molecule has 3 saturated heterocycles. The van der Waals surface area contributed by atoms with Crippen molar-refractivity contribution in [3.05, 3.63) is 102 Å². The quantitative estimate of drug-likeness (QED) is 0.304. The lowest BCUT2D eigenvalue weighted by Gasteiger charge is -2.49. The highest BCUT2D eigenvalue weighted by molar-refractivity contribution is 6.25. The summed E-state index contributed by atoms with van der Waals surface area (Å²) < 4.78 is 11.6. The molecule has 6 atom stereocenters. The van der Waals surface area contributed by atoms with Crippen LogP contribution in [0.5, 0.6) is 11.5 Å². The molecule has 1 N–H and O–H groups in total. The van der Waals surface area contributed by atoms with Crippen LogP contribution in [0.2, 0.25) is 0 Å². The second-order valence-electron chi connectivity index (χ2n) is 14.4. The number of ether oxygens (including phenoxy) is 2. The van der Waals surface area contributed by atoms with Gasteiger partial charge in [-0.15, -0.1) is 0 Å². The molecule has 3 aromatic carbocycles. The van der Waals surface area contributed by atoms with E-state index in [0.717, 1.165) is 35.5 Å². The zero-order chi connectivity index (χ0) is 34.3. The van der Waals surface area contributed by atoms with Crippen molar-refractivity contribution in [1.29, 1.82) is 0 Å². The first-order valence-corrected chi connectivity index (χ1v) is 17.4. The van der Waals surface area contributed by atoms with Gasteiger partial charge in [0.25, 0.3) is 0 Å². The molecule has 4 aliphatic heterocycles. The van der Waals surface area contributed by atoms with Gasteiger partial charge in [0.15, 0.2) is 0 Å². The van der Waals surface area contributed by atoms with E-state index in [1.165, 1.54) is 9.80 Å². The maximum absolute atomic E-state index is 14.7. The number of hydrogen-bond acceptors (Lipinski definition) is 8. The molecule has 3 aromatic rings. The van der Waals surface area contributed by atoms with E-state index >= 15 is 0 Å². The lowest BCUT2D eigenvalue weighted by atomic mass is 9.51. The van der Waals surface area contributed by atoms with Gasteiger partial charge in [-0.2, -0.15) is 0 Å². The van der Waals surface area contributed by atoms with E-state index in [1.54, 1.807) is 48.7 Å². The number of carbonyl (C=O) groups is 4. The minimum Gasteiger partial charge on any atom is -0.508 e. The van der Waals surface area contributed by atoms with Crippen molar-refractivity contribution < 1.29 is 33.8 Å². The van der Waals surface area contributed by atoms with Gasteiger partial charge in [0.2, 0.25) is 23.6 Å². The minimum atomic E-state index is -1.16. The Hall–Kier alpha value is -5.22. The largest absolute Gasteiger partial charge is 0.508 e. The number of phenolic OH excluding ortho intramolecular Hbond substituents is 1. The van der Waals surface area contributed by atoms with Crippen LogP contribution in [0.25, 0.3) is 0 Å². The van der Waals surface area contributed by atoms with Crippen molar-refractivity contribution in [1.82, 2.24) is 0 Å². The fourth-order valence-electron chi connectivity index (χ4n) is 9.56. The zero-order valence-electron chi connectivity index (χ0n) is 27.7. The number of carbonyl (C=O) groups excluding carboxylic acids is 4. The summed E-state index contributed by atoms with van der Waals surface area (Å²) in [5.74, 6) is -3.29. The Morgan fingerprint density at radius 1 is 0.800 bits per heavy atom. The van der Waals surface area contributed by atoms with Gasteiger partial charge in [0, 0.05) is 36.7 Å². The van der Waals surface area contributed by atoms with Crippen LogP contribution < -0.4 is 19.4 Å². The average Bonchev–Trinajstić information content (AvgIpc) is 3.51. The predicted octanol–water partition coefficient (Wildman–Crippen LogP) is 5.02. The number of amides is 4. The van der Waals surface area contributed by atoms with Gasteiger partial charge in [-0.25, -0.2) is 4.90 Å². The van der Waals surface area contributed by atoms with Crippen LogP contribution >= 0.6 is 0 Å². The SMILES string of the molecule is CC12C(=O)N(c3ccccc3)C(=O)C1CC1C(=CCC3C(=O)N(c4ccc(N5CCOCC5)cc4)C(=O)C31)C2C1=COc2ccc(O)cc2C1. The summed E-state index contributed by atoms with van der Waals surface area (Å²) in [6.45, 7) is 4.74. The van der Waals surface area contributed by atoms with Crippen molar-refractivity contribution in [3.8, 4) is 11.5 Å². The molecule has 10 nitrogen and oxygen atoms in total. The van der Waals surface area contributed by atoms with Crippen LogP contribution in [-0.4, -0.2) is 55.0 Å². The van der Waals surface area contributed by atoms with Crippen molar-refractivity contribution >= 4 is 40.7 Å². The number of phenols is 1. The molecule has 6 unspecified atom stereocenters. The van der Waals surface area contributed by atoms with Crippen molar-refractivity contribution in [2.24, 2.45) is 35.0 Å². The van der Waals surface area contributed by atoms with E-state index in [9.17, 15) is 24.3 Å². The Morgan fingerprint density at radius 2 is 1.52 bits per heavy atom. The highest BCUT2D eigenvalue weighted by Crippen LogP contribution is 2.63. The topological polar surface area (TPSA) is 117 Å². The molecule has 10 heteroatoms. The molecule has 9 rings (SSSR count). The van der Waals surface area contributed by atoms with Crippen molar-refractivity contribution in [2.45, 2.75) is 26.2 Å². The highest BCUT2D eigenvalue weighted by Gasteiger charge is 2.68. The van der Waals surface area contributed by atoms with E-state index in [0.29, 0.717) is 43.2 Å². The van der Waals surface area contributed by atoms with Gasteiger partial charge in [0.05, 0.1) is 54.0 Å². The number of aromatic hydroxyl groups is 1. The molecule has 254 valence electrons. The van der Waals surface area contributed by atoms with Gasteiger partial charge in [-0.1, -0.05) is 29.8 Å². The standard InChI is InChI=1S/C40H37N3O7/c1-40-32(37(46)43(39(40)48)26-5-3-2-4-6-26)21-31-29(35(40)24-19-23-20-28(44)11-14-33(23)50-22-24)12-13-30-34(31)38(47)42(36(30)45)27-9-7-25(8-10-27)41-15-17-49-18-16-41/h2-12,14,20,22,30-32,34-35,44H,13,15-19,21H2,1H3. The number of hydrogen-bond donors (Lipinski definition) is 1. The summed E-state index contributed by atoms with van der Waals surface area (Å²) in [7, 11) is 0. The second kappa shape index (κ2) is 11.4. The van der Waals surface area contributed by atoms with Crippen LogP contribution in [0.3, 0.4) is 0 Å². The summed E-state index contributed by atoms with van der Waals surface area (Å²) in [4.78, 5) is 62.5. The molecule has 4 amide bonds. The van der Waals surface area contributed by atoms with Gasteiger partial charge >= 0.3 is 0 Å². The van der Waals surface area contributed by atoms with E-state index < -0.39 is 35.0 Å². The summed E-state index contributed by atoms with van der Waals surface area (Å²) in [5.41, 5.74) is 3.37. The number of benzene rings is 3. The molecule has 0 spiro atoms. The first kappa shape index (κ1) is 30.8. The second-order valence-corrected chi connectivity index (χ2v) is 14.4. The van der Waals surface area contributed by atoms with Crippen LogP contribution in [0.1, 0.15) is 25.3 Å². The average molecular weight is 672 g/mol. The molecule has 4 fully saturated rings. The fourth-order valence-corrected chi connectivity index (χ4v) is 9.56. The Kier molecular flexibility index (Phi) is 7.03. The normalized spacial score (nSPS) is 30.3. The molecule has 6 aliphatic rings. The zero-order valence-corrected chi connectivity index (χ0v) is 27.7. The Labute approximate surface area is 289 Å². The number of imide groups is 2. The van der Waals surface area contributed by atoms with Crippen LogP contribution in [0.15, 0.2) is 96.3 Å². The molecular weight excluding hydrogens is 634 g/mol. The van der Waals surface area contributed by atoms with Crippen LogP contribution in [-0.2, 0) is 30.3 Å². The number of morpholine rings is 1. The monoisotopic (exact) mass is 671 g/mol. The Balaban J connectivity index is 1.10. The maximum atomic E-state index is 14.7. The molecule has 50 heavy (non-hydrogen) atoms. The molecule has 0 bridgehead atoms. The third kappa shape index (κ3) is 4.43. The van der Waals surface area contributed by atoms with Crippen molar-refractivity contribution in [2.75, 3.05) is 41.0 Å². The van der Waals surface area contributed by atoms with Crippen molar-refractivity contribution in [3.63, 3.8) is 0 Å². The molecule has 2 aliphatic carbocycles. The van der Waals surface area contributed by atoms with Gasteiger partial charge < -0.3 is 19.5 Å². The molecular formula is C40H37N3O7. The lowest BCUT2D eigenvalue weighted by molar-refractivity contribution is -0.132.